The van der Waals surface area contributed by atoms with E-state index in [-0.39, 0.29) is 5.56 Å². The van der Waals surface area contributed by atoms with Crippen LogP contribution in [0.25, 0.3) is 0 Å². The predicted octanol–water partition coefficient (Wildman–Crippen LogP) is 1.50. The summed E-state index contributed by atoms with van der Waals surface area (Å²) in [6, 6.07) is 0. The van der Waals surface area contributed by atoms with E-state index in [0.29, 0.717) is 6.42 Å². The largest absolute Gasteiger partial charge is 0.371 e. The minimum Gasteiger partial charge on any atom is -0.371 e. The second-order valence-corrected chi connectivity index (χ2v) is 1.17. The van der Waals surface area contributed by atoms with Crippen LogP contribution in [-0.4, -0.2) is 5.11 Å². The number of hydrogen-bond donors (Lipinski definition) is 1. The summed E-state index contributed by atoms with van der Waals surface area (Å²) in [5, 5.41) is 8.04. The molecule has 0 aromatic heterocycles. The lowest BCUT2D eigenvalue weighted by molar-refractivity contribution is 0.352. The molecule has 2 heteroatoms. The highest BCUT2D eigenvalue weighted by Gasteiger charge is 1.87. The van der Waals surface area contributed by atoms with Crippen molar-refractivity contribution in [3.05, 3.63) is 5.56 Å². The fourth-order valence-electron chi connectivity index (χ4n) is 0. The molecule has 5 heavy (non-hydrogen) atoms. The molecule has 31 valence electrons. The van der Waals surface area contributed by atoms with Gasteiger partial charge in [-0.1, -0.05) is 18.5 Å². The van der Waals surface area contributed by atoms with Gasteiger partial charge in [-0.2, -0.15) is 0 Å². The van der Waals surface area contributed by atoms with E-state index in [4.69, 9.17) is 16.7 Å². The van der Waals surface area contributed by atoms with Crippen molar-refractivity contribution in [3.8, 4) is 0 Å². The van der Waals surface area contributed by atoms with Crippen LogP contribution >= 0.6 is 11.6 Å². The van der Waals surface area contributed by atoms with Crippen LogP contribution in [-0.2, 0) is 0 Å². The van der Waals surface area contributed by atoms with Crippen molar-refractivity contribution in [2.75, 3.05) is 0 Å². The van der Waals surface area contributed by atoms with Gasteiger partial charge in [0.15, 0.2) is 5.56 Å². The van der Waals surface area contributed by atoms with E-state index in [9.17, 15) is 0 Å². The smallest absolute Gasteiger partial charge is 0.181 e. The van der Waals surface area contributed by atoms with Gasteiger partial charge in [0.2, 0.25) is 0 Å². The summed E-state index contributed by atoms with van der Waals surface area (Å²) < 4.78 is 0. The molecule has 0 aliphatic heterocycles. The lowest BCUT2D eigenvalue weighted by Crippen LogP contribution is -1.75. The van der Waals surface area contributed by atoms with Crippen LogP contribution in [0, 0.1) is 5.56 Å². The zero-order valence-corrected chi connectivity index (χ0v) is 3.79. The highest BCUT2D eigenvalue weighted by atomic mass is 35.5. The predicted molar refractivity (Wildman–Crippen MR) is 21.3 cm³/mol. The Labute approximate surface area is 36.6 Å². The molecule has 0 aromatic carbocycles. The van der Waals surface area contributed by atoms with Crippen molar-refractivity contribution in [3.63, 3.8) is 0 Å². The van der Waals surface area contributed by atoms with Gasteiger partial charge >= 0.3 is 0 Å². The van der Waals surface area contributed by atoms with E-state index in [1.165, 1.54) is 0 Å². The summed E-state index contributed by atoms with van der Waals surface area (Å²) in [6.45, 7) is 1.78. The summed E-state index contributed by atoms with van der Waals surface area (Å²) in [5.74, 6) is 0. The van der Waals surface area contributed by atoms with E-state index in [1.807, 2.05) is 0 Å². The Bertz CT molecular complexity index is 20.9. The standard InChI is InChI=1S/C3H6ClO/c1-2-3(4)5/h5H,2H2,1H3. The number of rotatable bonds is 1. The van der Waals surface area contributed by atoms with Crippen LogP contribution in [0.4, 0.5) is 0 Å². The Morgan fingerprint density at radius 1 is 2.00 bits per heavy atom. The van der Waals surface area contributed by atoms with Crippen molar-refractivity contribution in [2.24, 2.45) is 0 Å². The van der Waals surface area contributed by atoms with E-state index in [1.54, 1.807) is 6.92 Å². The molecule has 0 aliphatic carbocycles. The highest BCUT2D eigenvalue weighted by molar-refractivity contribution is 6.25. The van der Waals surface area contributed by atoms with Crippen LogP contribution < -0.4 is 0 Å². The van der Waals surface area contributed by atoms with Crippen molar-refractivity contribution >= 4 is 11.6 Å². The second kappa shape index (κ2) is 2.49. The van der Waals surface area contributed by atoms with Crippen molar-refractivity contribution < 1.29 is 5.11 Å². The van der Waals surface area contributed by atoms with Gasteiger partial charge in [-0.3, -0.25) is 0 Å². The average molecular weight is 93.5 g/mol. The Morgan fingerprint density at radius 3 is 2.20 bits per heavy atom. The summed E-state index contributed by atoms with van der Waals surface area (Å²) >= 11 is 4.93. The first kappa shape index (κ1) is 5.25. The van der Waals surface area contributed by atoms with Gasteiger partial charge in [0, 0.05) is 0 Å². The molecule has 0 unspecified atom stereocenters. The number of aliphatic hydroxyl groups excluding tert-OH is 1. The summed E-state index contributed by atoms with van der Waals surface area (Å²) in [4.78, 5) is 0. The molecule has 1 nitrogen and oxygen atoms in total. The van der Waals surface area contributed by atoms with Gasteiger partial charge in [-0.15, -0.1) is 0 Å². The number of halogens is 1. The maximum Gasteiger partial charge on any atom is 0.181 e. The molecular formula is C3H6ClO. The fourth-order valence-corrected chi connectivity index (χ4v) is 0. The molecule has 1 N–H and O–H groups in total. The Hall–Kier alpha value is 0.250. The minimum atomic E-state index is -0.0231. The lowest BCUT2D eigenvalue weighted by atomic mass is 10.5. The van der Waals surface area contributed by atoms with Gasteiger partial charge in [-0.25, -0.2) is 0 Å². The topological polar surface area (TPSA) is 20.2 Å². The Balaban J connectivity index is 2.54. The van der Waals surface area contributed by atoms with Gasteiger partial charge in [0.1, 0.15) is 0 Å². The molecule has 0 saturated heterocycles. The molecule has 0 bridgehead atoms. The van der Waals surface area contributed by atoms with Crippen molar-refractivity contribution in [2.45, 2.75) is 13.3 Å². The zero-order valence-electron chi connectivity index (χ0n) is 3.03. The van der Waals surface area contributed by atoms with Crippen LogP contribution in [0.2, 0.25) is 0 Å². The summed E-state index contributed by atoms with van der Waals surface area (Å²) in [5.41, 5.74) is -0.0231. The normalized spacial score (nSPS) is 9.60. The molecule has 0 rings (SSSR count). The number of hydrogen-bond acceptors (Lipinski definition) is 1. The van der Waals surface area contributed by atoms with Gasteiger partial charge in [-0.05, 0) is 6.42 Å². The maximum atomic E-state index is 8.04. The molecule has 0 aliphatic rings. The van der Waals surface area contributed by atoms with Crippen LogP contribution in [0.1, 0.15) is 13.3 Å². The van der Waals surface area contributed by atoms with Crippen LogP contribution in [0.5, 0.6) is 0 Å². The molecule has 1 radical (unpaired) electrons. The molecule has 0 heterocycles. The molecule has 0 amide bonds. The van der Waals surface area contributed by atoms with Crippen molar-refractivity contribution in [1.82, 2.24) is 0 Å². The summed E-state index contributed by atoms with van der Waals surface area (Å²) in [7, 11) is 0. The first-order valence-electron chi connectivity index (χ1n) is 1.47. The minimum absolute atomic E-state index is 0.0231. The average Bonchev–Trinajstić information content (AvgIpc) is 1.38. The second-order valence-electron chi connectivity index (χ2n) is 0.730. The first-order chi connectivity index (χ1) is 2.27. The van der Waals surface area contributed by atoms with E-state index in [2.05, 4.69) is 0 Å². The molecule has 0 atom stereocenters. The third-order valence-corrected chi connectivity index (χ3v) is 0.559. The monoisotopic (exact) mass is 93.0 g/mol. The Morgan fingerprint density at radius 2 is 2.20 bits per heavy atom. The quantitative estimate of drug-likeness (QED) is 0.521. The molecule has 0 fully saturated rings. The first-order valence-corrected chi connectivity index (χ1v) is 1.85. The zero-order chi connectivity index (χ0) is 4.28. The van der Waals surface area contributed by atoms with E-state index >= 15 is 0 Å². The van der Waals surface area contributed by atoms with Crippen LogP contribution in [0.3, 0.4) is 0 Å². The summed E-state index contributed by atoms with van der Waals surface area (Å²) in [6.07, 6.45) is 0.543. The fraction of sp³-hybridized carbons (Fsp3) is 0.667. The lowest BCUT2D eigenvalue weighted by Gasteiger charge is -1.85. The van der Waals surface area contributed by atoms with Crippen molar-refractivity contribution in [1.29, 1.82) is 0 Å². The Kier molecular flexibility index (Phi) is 2.61. The maximum absolute atomic E-state index is 8.04. The number of aliphatic hydroxyl groups is 1. The van der Waals surface area contributed by atoms with Gasteiger partial charge in [0.05, 0.1) is 0 Å². The molecule has 0 saturated carbocycles. The highest BCUT2D eigenvalue weighted by Crippen LogP contribution is 2.02. The SMILES string of the molecule is CC[C](O)Cl. The molecule has 0 spiro atoms. The van der Waals surface area contributed by atoms with Gasteiger partial charge in [0.25, 0.3) is 0 Å². The van der Waals surface area contributed by atoms with Gasteiger partial charge < -0.3 is 5.11 Å². The third kappa shape index (κ3) is 4.25. The third-order valence-electron chi connectivity index (χ3n) is 0.292. The van der Waals surface area contributed by atoms with E-state index < -0.39 is 0 Å². The molecule has 0 aromatic rings. The molecular weight excluding hydrogens is 87.5 g/mol. The van der Waals surface area contributed by atoms with E-state index in [0.717, 1.165) is 0 Å². The van der Waals surface area contributed by atoms with Crippen LogP contribution in [0.15, 0.2) is 0 Å².